The highest BCUT2D eigenvalue weighted by atomic mass is 31.1. The minimum absolute atomic E-state index is 0.0648. The van der Waals surface area contributed by atoms with Crippen molar-refractivity contribution < 1.29 is 9.30 Å². The number of nitrogens with two attached hydrogens (primary N) is 1. The van der Waals surface area contributed by atoms with Crippen LogP contribution in [-0.4, -0.2) is 32.0 Å². The molecule has 0 radical (unpaired) electrons. The lowest BCUT2D eigenvalue weighted by Gasteiger charge is -2.10. The van der Waals surface area contributed by atoms with E-state index in [0.717, 1.165) is 0 Å². The van der Waals surface area contributed by atoms with Gasteiger partial charge in [0.25, 0.3) is 0 Å². The number of ether oxygens (including phenoxy) is 1. The molecular weight excluding hydrogens is 241 g/mol. The maximum atomic E-state index is 10.3. The molecule has 1 unspecified atom stereocenters. The quantitative estimate of drug-likeness (QED) is 0.792. The summed E-state index contributed by atoms with van der Waals surface area (Å²) in [5, 5.41) is 0. The highest BCUT2D eigenvalue weighted by Crippen LogP contribution is 2.15. The summed E-state index contributed by atoms with van der Waals surface area (Å²) in [5.74, 6) is 0.364. The van der Waals surface area contributed by atoms with Crippen LogP contribution >= 0.6 is 8.46 Å². The molecule has 0 bridgehead atoms. The van der Waals surface area contributed by atoms with E-state index in [-0.39, 0.29) is 12.5 Å². The summed E-state index contributed by atoms with van der Waals surface area (Å²) in [7, 11) is -0.445. The van der Waals surface area contributed by atoms with Crippen LogP contribution < -0.4 is 5.73 Å². The van der Waals surface area contributed by atoms with Gasteiger partial charge in [-0.05, 0) is 6.92 Å². The molecule has 0 spiro atoms. The molecule has 8 heteroatoms. The van der Waals surface area contributed by atoms with Gasteiger partial charge in [0.05, 0.1) is 19.0 Å². The molecule has 2 rings (SSSR count). The maximum absolute atomic E-state index is 10.3. The minimum atomic E-state index is -0.445. The van der Waals surface area contributed by atoms with E-state index >= 15 is 0 Å². The minimum Gasteiger partial charge on any atom is -0.382 e. The van der Waals surface area contributed by atoms with E-state index in [1.54, 1.807) is 6.33 Å². The number of nitrogen functional groups attached to an aromatic ring is 1. The normalized spacial score (nSPS) is 13.2. The number of anilines is 1. The summed E-state index contributed by atoms with van der Waals surface area (Å²) in [6.07, 6.45) is 3.23. The summed E-state index contributed by atoms with van der Waals surface area (Å²) in [4.78, 5) is 12.1. The lowest BCUT2D eigenvalue weighted by Crippen LogP contribution is -2.15. The topological polar surface area (TPSA) is 95.9 Å². The van der Waals surface area contributed by atoms with E-state index in [0.29, 0.717) is 23.5 Å². The zero-order chi connectivity index (χ0) is 12.3. The fraction of sp³-hybridized carbons (Fsp3) is 0.444. The van der Waals surface area contributed by atoms with Crippen LogP contribution in [0.1, 0.15) is 6.92 Å². The number of nitrogens with zero attached hydrogens (tertiary/aromatic N) is 4. The van der Waals surface area contributed by atoms with Crippen molar-refractivity contribution in [2.75, 3.05) is 12.1 Å². The van der Waals surface area contributed by atoms with Crippen molar-refractivity contribution >= 4 is 25.4 Å². The second-order valence-corrected chi connectivity index (χ2v) is 4.17. The number of imidazole rings is 1. The molecule has 2 N–H and O–H groups in total. The lowest BCUT2D eigenvalue weighted by atomic mass is 10.4. The van der Waals surface area contributed by atoms with Gasteiger partial charge in [0.2, 0.25) is 6.35 Å². The predicted octanol–water partition coefficient (Wildman–Crippen LogP) is 0.795. The van der Waals surface area contributed by atoms with E-state index in [1.165, 1.54) is 6.33 Å². The molecule has 2 aromatic rings. The fourth-order valence-corrected chi connectivity index (χ4v) is 1.89. The Balaban J connectivity index is 2.19. The highest BCUT2D eigenvalue weighted by molar-refractivity contribution is 7.23. The van der Waals surface area contributed by atoms with Crippen molar-refractivity contribution in [2.45, 2.75) is 19.6 Å². The van der Waals surface area contributed by atoms with Gasteiger partial charge in [-0.2, -0.15) is 0 Å². The second-order valence-electron chi connectivity index (χ2n) is 3.59. The molecule has 2 aromatic heterocycles. The molecule has 2 atom stereocenters. The van der Waals surface area contributed by atoms with Crippen LogP contribution in [-0.2, 0) is 15.8 Å². The van der Waals surface area contributed by atoms with Crippen molar-refractivity contribution in [3.05, 3.63) is 12.7 Å². The van der Waals surface area contributed by atoms with E-state index in [2.05, 4.69) is 15.0 Å². The molecule has 90 valence electrons. The first-order chi connectivity index (χ1) is 8.22. The van der Waals surface area contributed by atoms with E-state index in [9.17, 15) is 4.57 Å². The Bertz CT molecular complexity index is 529. The number of aromatic nitrogens is 4. The summed E-state index contributed by atoms with van der Waals surface area (Å²) in [6, 6.07) is 0. The zero-order valence-electron chi connectivity index (χ0n) is 9.33. The van der Waals surface area contributed by atoms with Gasteiger partial charge >= 0.3 is 8.46 Å². The van der Waals surface area contributed by atoms with Crippen LogP contribution in [0.25, 0.3) is 11.2 Å². The van der Waals surface area contributed by atoms with Crippen LogP contribution in [0.4, 0.5) is 5.82 Å². The first-order valence-corrected chi connectivity index (χ1v) is 6.22. The standard InChI is InChI=1S/C9H12N5O2P/c1-6(16-5-17-15)2-14-4-13-7-8(10)11-3-12-9(7)14/h3-4,6H,2,5H2,1H3,(H2,10,11,12)/p+1/t6-/m1/s1. The monoisotopic (exact) mass is 254 g/mol. The van der Waals surface area contributed by atoms with Gasteiger partial charge in [-0.25, -0.2) is 15.0 Å². The van der Waals surface area contributed by atoms with Gasteiger partial charge in [-0.1, -0.05) is 4.57 Å². The maximum Gasteiger partial charge on any atom is 0.353 e. The SMILES string of the molecule is C[C@H](Cn1cnc2c(N)ncnc21)OC[PH+]=O. The molecule has 0 fully saturated rings. The van der Waals surface area contributed by atoms with Crippen LogP contribution in [0, 0.1) is 0 Å². The molecule has 0 aromatic carbocycles. The number of rotatable bonds is 5. The summed E-state index contributed by atoms with van der Waals surface area (Å²) < 4.78 is 17.5. The lowest BCUT2D eigenvalue weighted by molar-refractivity contribution is 0.0893. The third-order valence-electron chi connectivity index (χ3n) is 2.31. The number of hydrogen-bond acceptors (Lipinski definition) is 6. The molecule has 17 heavy (non-hydrogen) atoms. The van der Waals surface area contributed by atoms with Crippen molar-refractivity contribution in [2.24, 2.45) is 0 Å². The summed E-state index contributed by atoms with van der Waals surface area (Å²) >= 11 is 0. The zero-order valence-corrected chi connectivity index (χ0v) is 10.3. The van der Waals surface area contributed by atoms with E-state index in [1.807, 2.05) is 11.5 Å². The first kappa shape index (κ1) is 11.9. The van der Waals surface area contributed by atoms with Crippen LogP contribution in [0.2, 0.25) is 0 Å². The van der Waals surface area contributed by atoms with Gasteiger partial charge < -0.3 is 15.0 Å². The molecular formula is C9H13N5O2P+. The Hall–Kier alpha value is -1.59. The van der Waals surface area contributed by atoms with Gasteiger partial charge in [0.1, 0.15) is 11.8 Å². The molecule has 2 heterocycles. The largest absolute Gasteiger partial charge is 0.382 e. The van der Waals surface area contributed by atoms with Crippen molar-refractivity contribution in [1.29, 1.82) is 0 Å². The molecule has 0 aliphatic heterocycles. The van der Waals surface area contributed by atoms with Gasteiger partial charge in [-0.3, -0.25) is 0 Å². The van der Waals surface area contributed by atoms with Gasteiger partial charge in [-0.15, -0.1) is 0 Å². The first-order valence-electron chi connectivity index (χ1n) is 5.10. The van der Waals surface area contributed by atoms with Crippen molar-refractivity contribution in [3.63, 3.8) is 0 Å². The Morgan fingerprint density at radius 1 is 1.53 bits per heavy atom. The average Bonchev–Trinajstić information content (AvgIpc) is 2.71. The average molecular weight is 254 g/mol. The second kappa shape index (κ2) is 5.16. The van der Waals surface area contributed by atoms with Gasteiger partial charge in [0.15, 0.2) is 11.5 Å². The van der Waals surface area contributed by atoms with Crippen LogP contribution in [0.3, 0.4) is 0 Å². The molecule has 0 saturated heterocycles. The highest BCUT2D eigenvalue weighted by Gasteiger charge is 2.11. The Morgan fingerprint density at radius 2 is 2.35 bits per heavy atom. The number of hydrogen-bond donors (Lipinski definition) is 1. The third-order valence-corrected chi connectivity index (χ3v) is 2.59. The van der Waals surface area contributed by atoms with Crippen LogP contribution in [0.15, 0.2) is 12.7 Å². The fourth-order valence-electron chi connectivity index (χ4n) is 1.54. The Morgan fingerprint density at radius 3 is 3.12 bits per heavy atom. The Kier molecular flexibility index (Phi) is 3.61. The third kappa shape index (κ3) is 2.57. The van der Waals surface area contributed by atoms with Gasteiger partial charge in [0, 0.05) is 0 Å². The molecule has 0 aliphatic rings. The van der Waals surface area contributed by atoms with E-state index < -0.39 is 8.46 Å². The number of fused-ring (bicyclic) bond motifs is 1. The molecule has 0 aliphatic carbocycles. The molecule has 0 saturated carbocycles. The smallest absolute Gasteiger partial charge is 0.353 e. The predicted molar refractivity (Wildman–Crippen MR) is 64.2 cm³/mol. The van der Waals surface area contributed by atoms with Crippen molar-refractivity contribution in [3.8, 4) is 0 Å². The molecule has 7 nitrogen and oxygen atoms in total. The van der Waals surface area contributed by atoms with Crippen LogP contribution in [0.5, 0.6) is 0 Å². The summed E-state index contributed by atoms with van der Waals surface area (Å²) in [6.45, 7) is 2.48. The van der Waals surface area contributed by atoms with Crippen molar-refractivity contribution in [1.82, 2.24) is 19.5 Å². The summed E-state index contributed by atoms with van der Waals surface area (Å²) in [5.41, 5.74) is 6.95. The Labute approximate surface area is 99.2 Å². The van der Waals surface area contributed by atoms with E-state index in [4.69, 9.17) is 10.5 Å². The molecule has 0 amide bonds.